The van der Waals surface area contributed by atoms with Crippen LogP contribution in [0.5, 0.6) is 0 Å². The molecule has 0 bridgehead atoms. The molecule has 0 aromatic rings. The predicted octanol–water partition coefficient (Wildman–Crippen LogP) is 0.185. The van der Waals surface area contributed by atoms with Crippen molar-refractivity contribution in [1.82, 2.24) is 15.1 Å². The van der Waals surface area contributed by atoms with Gasteiger partial charge >= 0.3 is 6.03 Å². The Morgan fingerprint density at radius 1 is 1.33 bits per heavy atom. The van der Waals surface area contributed by atoms with Crippen molar-refractivity contribution in [3.05, 3.63) is 0 Å². The Morgan fingerprint density at radius 3 is 2.56 bits per heavy atom. The molecular weight excluding hydrogens is 234 g/mol. The molecule has 2 rings (SSSR count). The minimum Gasteiger partial charge on any atom is -0.299 e. The fourth-order valence-corrected chi connectivity index (χ4v) is 2.21. The zero-order valence-electron chi connectivity index (χ0n) is 10.8. The SMILES string of the molecule is CCN(CCN1C(=O)NC(=O)C(C)C1=O)C1CC1. The Labute approximate surface area is 106 Å². The molecule has 0 aromatic heterocycles. The highest BCUT2D eigenvalue weighted by molar-refractivity contribution is 6.15. The molecule has 1 aliphatic carbocycles. The van der Waals surface area contributed by atoms with E-state index in [0.717, 1.165) is 11.4 Å². The van der Waals surface area contributed by atoms with Crippen LogP contribution in [0.3, 0.4) is 0 Å². The van der Waals surface area contributed by atoms with Crippen molar-refractivity contribution in [3.63, 3.8) is 0 Å². The lowest BCUT2D eigenvalue weighted by Gasteiger charge is -2.30. The third kappa shape index (κ3) is 2.53. The summed E-state index contributed by atoms with van der Waals surface area (Å²) in [5.74, 6) is -1.66. The molecule has 0 spiro atoms. The Balaban J connectivity index is 1.92. The van der Waals surface area contributed by atoms with Gasteiger partial charge in [-0.1, -0.05) is 6.92 Å². The molecule has 2 fully saturated rings. The second kappa shape index (κ2) is 5.06. The lowest BCUT2D eigenvalue weighted by Crippen LogP contribution is -2.58. The number of likely N-dealkylation sites (N-methyl/N-ethyl adjacent to an activating group) is 1. The lowest BCUT2D eigenvalue weighted by molar-refractivity contribution is -0.141. The molecule has 0 aromatic carbocycles. The Hall–Kier alpha value is -1.43. The average molecular weight is 253 g/mol. The molecule has 1 unspecified atom stereocenters. The van der Waals surface area contributed by atoms with Crippen molar-refractivity contribution < 1.29 is 14.4 Å². The van der Waals surface area contributed by atoms with Crippen molar-refractivity contribution >= 4 is 17.8 Å². The van der Waals surface area contributed by atoms with Crippen LogP contribution in [0.4, 0.5) is 4.79 Å². The number of carbonyl (C=O) groups is 3. The van der Waals surface area contributed by atoms with Gasteiger partial charge < -0.3 is 0 Å². The van der Waals surface area contributed by atoms with Gasteiger partial charge in [-0.3, -0.25) is 24.7 Å². The largest absolute Gasteiger partial charge is 0.330 e. The van der Waals surface area contributed by atoms with Gasteiger partial charge in [0.05, 0.1) is 0 Å². The van der Waals surface area contributed by atoms with Gasteiger partial charge in [0.1, 0.15) is 5.92 Å². The number of hydrogen-bond acceptors (Lipinski definition) is 4. The topological polar surface area (TPSA) is 69.7 Å². The first-order valence-electron chi connectivity index (χ1n) is 6.44. The average Bonchev–Trinajstić information content (AvgIpc) is 3.15. The number of imide groups is 2. The monoisotopic (exact) mass is 253 g/mol. The summed E-state index contributed by atoms with van der Waals surface area (Å²) in [6, 6.07) is 0.0203. The maximum Gasteiger partial charge on any atom is 0.330 e. The van der Waals surface area contributed by atoms with Crippen molar-refractivity contribution in [2.75, 3.05) is 19.6 Å². The lowest BCUT2D eigenvalue weighted by atomic mass is 10.1. The minimum atomic E-state index is -0.765. The molecule has 1 N–H and O–H groups in total. The van der Waals surface area contributed by atoms with Crippen molar-refractivity contribution in [1.29, 1.82) is 0 Å². The van der Waals surface area contributed by atoms with E-state index in [1.165, 1.54) is 19.8 Å². The predicted molar refractivity (Wildman–Crippen MR) is 64.7 cm³/mol. The van der Waals surface area contributed by atoms with Crippen LogP contribution in [0.15, 0.2) is 0 Å². The van der Waals surface area contributed by atoms with E-state index in [-0.39, 0.29) is 0 Å². The van der Waals surface area contributed by atoms with E-state index in [1.54, 1.807) is 0 Å². The molecule has 6 nitrogen and oxygen atoms in total. The van der Waals surface area contributed by atoms with Crippen LogP contribution in [0.1, 0.15) is 26.7 Å². The van der Waals surface area contributed by atoms with Crippen LogP contribution in [0, 0.1) is 5.92 Å². The Morgan fingerprint density at radius 2 is 2.00 bits per heavy atom. The summed E-state index contributed by atoms with van der Waals surface area (Å²) >= 11 is 0. The normalized spacial score (nSPS) is 24.7. The van der Waals surface area contributed by atoms with Gasteiger partial charge in [-0.2, -0.15) is 0 Å². The highest BCUT2D eigenvalue weighted by atomic mass is 16.2. The Kier molecular flexibility index (Phi) is 3.65. The van der Waals surface area contributed by atoms with E-state index in [0.29, 0.717) is 19.1 Å². The van der Waals surface area contributed by atoms with Gasteiger partial charge in [0, 0.05) is 19.1 Å². The molecule has 6 heteroatoms. The van der Waals surface area contributed by atoms with Crippen LogP contribution >= 0.6 is 0 Å². The van der Waals surface area contributed by atoms with E-state index in [1.807, 2.05) is 0 Å². The van der Waals surface area contributed by atoms with Crippen LogP contribution in [-0.2, 0) is 9.59 Å². The van der Waals surface area contributed by atoms with Gasteiger partial charge in [-0.15, -0.1) is 0 Å². The fraction of sp³-hybridized carbons (Fsp3) is 0.750. The van der Waals surface area contributed by atoms with Crippen molar-refractivity contribution in [2.24, 2.45) is 5.92 Å². The number of barbiturate groups is 1. The third-order valence-electron chi connectivity index (χ3n) is 3.59. The number of carbonyl (C=O) groups excluding carboxylic acids is 3. The number of hydrogen-bond donors (Lipinski definition) is 1. The van der Waals surface area contributed by atoms with E-state index in [2.05, 4.69) is 17.1 Å². The van der Waals surface area contributed by atoms with E-state index >= 15 is 0 Å². The summed E-state index contributed by atoms with van der Waals surface area (Å²) in [7, 11) is 0. The fourth-order valence-electron chi connectivity index (χ4n) is 2.21. The molecule has 1 atom stereocenters. The van der Waals surface area contributed by atoms with Gasteiger partial charge in [0.15, 0.2) is 0 Å². The van der Waals surface area contributed by atoms with Crippen LogP contribution < -0.4 is 5.32 Å². The zero-order valence-corrected chi connectivity index (χ0v) is 10.8. The number of rotatable bonds is 5. The standard InChI is InChI=1S/C12H19N3O3/c1-3-14(9-4-5-9)6-7-15-11(17)8(2)10(16)13-12(15)18/h8-9H,3-7H2,1-2H3,(H,13,16,18). The van der Waals surface area contributed by atoms with E-state index in [4.69, 9.17) is 0 Å². The second-order valence-corrected chi connectivity index (χ2v) is 4.87. The number of amides is 4. The highest BCUT2D eigenvalue weighted by Gasteiger charge is 2.38. The van der Waals surface area contributed by atoms with Gasteiger partial charge in [0.25, 0.3) is 0 Å². The van der Waals surface area contributed by atoms with Gasteiger partial charge in [-0.05, 0) is 26.3 Å². The summed E-state index contributed by atoms with van der Waals surface area (Å²) < 4.78 is 0. The molecule has 18 heavy (non-hydrogen) atoms. The Bertz CT molecular complexity index is 379. The summed E-state index contributed by atoms with van der Waals surface area (Å²) in [6.07, 6.45) is 2.39. The van der Waals surface area contributed by atoms with Crippen molar-refractivity contribution in [3.8, 4) is 0 Å². The molecular formula is C12H19N3O3. The maximum absolute atomic E-state index is 11.9. The molecule has 4 amide bonds. The summed E-state index contributed by atoms with van der Waals surface area (Å²) in [5, 5.41) is 2.20. The molecule has 100 valence electrons. The van der Waals surface area contributed by atoms with E-state index < -0.39 is 23.8 Å². The molecule has 1 aliphatic heterocycles. The molecule has 1 saturated carbocycles. The maximum atomic E-state index is 11.9. The van der Waals surface area contributed by atoms with Gasteiger partial charge in [0.2, 0.25) is 11.8 Å². The van der Waals surface area contributed by atoms with Crippen LogP contribution in [0.25, 0.3) is 0 Å². The summed E-state index contributed by atoms with van der Waals surface area (Å²) in [4.78, 5) is 38.2. The number of nitrogens with one attached hydrogen (secondary N) is 1. The molecule has 0 radical (unpaired) electrons. The first kappa shape index (κ1) is 13.0. The minimum absolute atomic E-state index is 0.354. The number of nitrogens with zero attached hydrogens (tertiary/aromatic N) is 2. The van der Waals surface area contributed by atoms with Crippen molar-refractivity contribution in [2.45, 2.75) is 32.7 Å². The highest BCUT2D eigenvalue weighted by Crippen LogP contribution is 2.26. The van der Waals surface area contributed by atoms with Gasteiger partial charge in [-0.25, -0.2) is 4.79 Å². The quantitative estimate of drug-likeness (QED) is 0.710. The summed E-state index contributed by atoms with van der Waals surface area (Å²) in [5.41, 5.74) is 0. The van der Waals surface area contributed by atoms with Crippen LogP contribution in [0.2, 0.25) is 0 Å². The second-order valence-electron chi connectivity index (χ2n) is 4.87. The molecule has 2 aliphatic rings. The first-order valence-corrected chi connectivity index (χ1v) is 6.44. The van der Waals surface area contributed by atoms with Crippen LogP contribution in [-0.4, -0.2) is 53.3 Å². The molecule has 1 saturated heterocycles. The number of urea groups is 1. The third-order valence-corrected chi connectivity index (χ3v) is 3.59. The zero-order chi connectivity index (χ0) is 13.3. The summed E-state index contributed by atoms with van der Waals surface area (Å²) in [6.45, 7) is 5.55. The van der Waals surface area contributed by atoms with E-state index in [9.17, 15) is 14.4 Å². The first-order chi connectivity index (χ1) is 8.54. The smallest absolute Gasteiger partial charge is 0.299 e. The molecule has 1 heterocycles.